The van der Waals surface area contributed by atoms with E-state index in [4.69, 9.17) is 9.47 Å². The maximum Gasteiger partial charge on any atom is 0.408 e. The lowest BCUT2D eigenvalue weighted by atomic mass is 10.1. The van der Waals surface area contributed by atoms with Crippen LogP contribution >= 0.6 is 0 Å². The topological polar surface area (TPSA) is 64.6 Å². The number of alkyl halides is 2. The molecular weight excluding hydrogens is 368 g/mol. The molecule has 0 saturated heterocycles. The smallest absolute Gasteiger partial charge is 0.408 e. The van der Waals surface area contributed by atoms with E-state index in [2.05, 4.69) is 18.5 Å². The molecule has 7 heteroatoms. The van der Waals surface area contributed by atoms with Crippen molar-refractivity contribution in [3.05, 3.63) is 61.2 Å². The molecule has 1 aromatic rings. The maximum atomic E-state index is 14.3. The minimum absolute atomic E-state index is 0.0600. The Balaban J connectivity index is 2.56. The highest BCUT2D eigenvalue weighted by Gasteiger charge is 2.40. The number of nitrogens with one attached hydrogen (secondary N) is 1. The van der Waals surface area contributed by atoms with Crippen LogP contribution in [0.25, 0.3) is 0 Å². The van der Waals surface area contributed by atoms with E-state index >= 15 is 0 Å². The number of ether oxygens (including phenoxy) is 2. The number of carbonyl (C=O) groups is 2. The number of carbonyl (C=O) groups excluding carboxylic acids is 2. The van der Waals surface area contributed by atoms with Crippen LogP contribution in [-0.2, 0) is 20.9 Å². The number of hydrogen-bond acceptors (Lipinski definition) is 4. The van der Waals surface area contributed by atoms with Crippen molar-refractivity contribution in [2.45, 2.75) is 50.7 Å². The summed E-state index contributed by atoms with van der Waals surface area (Å²) in [6.45, 7) is 6.17. The van der Waals surface area contributed by atoms with E-state index in [-0.39, 0.29) is 13.0 Å². The summed E-state index contributed by atoms with van der Waals surface area (Å²) in [5.41, 5.74) is 0.720. The number of hydrogen-bond donors (Lipinski definition) is 1. The van der Waals surface area contributed by atoms with Gasteiger partial charge in [0.2, 0.25) is 0 Å². The number of alkyl carbamates (subject to hydrolysis) is 1. The molecule has 0 bridgehead atoms. The number of allylic oxidation sites excluding steroid dienone is 2. The van der Waals surface area contributed by atoms with Gasteiger partial charge >= 0.3 is 12.1 Å². The molecule has 1 aromatic carbocycles. The fourth-order valence-corrected chi connectivity index (χ4v) is 2.32. The lowest BCUT2D eigenvalue weighted by molar-refractivity contribution is -0.148. The molecule has 28 heavy (non-hydrogen) atoms. The minimum atomic E-state index is -3.34. The predicted molar refractivity (Wildman–Crippen MR) is 103 cm³/mol. The van der Waals surface area contributed by atoms with Crippen molar-refractivity contribution in [2.24, 2.45) is 0 Å². The monoisotopic (exact) mass is 395 g/mol. The molecule has 0 spiro atoms. The van der Waals surface area contributed by atoms with E-state index in [9.17, 15) is 18.4 Å². The number of unbranched alkanes of at least 4 members (excludes halogenated alkanes) is 2. The van der Waals surface area contributed by atoms with Crippen LogP contribution in [0.2, 0.25) is 0 Å². The summed E-state index contributed by atoms with van der Waals surface area (Å²) in [5.74, 6) is -3.93. The first-order valence-electron chi connectivity index (χ1n) is 9.11. The Bertz CT molecular complexity index is 635. The van der Waals surface area contributed by atoms with Crippen molar-refractivity contribution in [1.29, 1.82) is 0 Å². The lowest BCUT2D eigenvalue weighted by Gasteiger charge is -2.26. The van der Waals surface area contributed by atoms with Gasteiger partial charge < -0.3 is 14.8 Å². The van der Waals surface area contributed by atoms with E-state index < -0.39 is 37.1 Å². The number of amides is 1. The highest BCUT2D eigenvalue weighted by molar-refractivity contribution is 5.70. The SMILES string of the molecule is C=CCCCCC(=O)OC[C@@H](NC(=O)OCc1ccccc1)C(F)(F)CC=C. The molecule has 0 unspecified atom stereocenters. The van der Waals surface area contributed by atoms with E-state index in [1.807, 2.05) is 0 Å². The van der Waals surface area contributed by atoms with Crippen LogP contribution in [0.3, 0.4) is 0 Å². The number of halogens is 2. The minimum Gasteiger partial charge on any atom is -0.463 e. The largest absolute Gasteiger partial charge is 0.463 e. The second-order valence-electron chi connectivity index (χ2n) is 6.23. The van der Waals surface area contributed by atoms with Gasteiger partial charge in [0, 0.05) is 12.8 Å². The molecule has 0 radical (unpaired) electrons. The zero-order valence-corrected chi connectivity index (χ0v) is 15.9. The Kier molecular flexibility index (Phi) is 10.5. The molecule has 0 aliphatic heterocycles. The first kappa shape index (κ1) is 23.3. The molecule has 154 valence electrons. The van der Waals surface area contributed by atoms with E-state index in [0.717, 1.165) is 24.5 Å². The molecule has 1 N–H and O–H groups in total. The van der Waals surface area contributed by atoms with Crippen LogP contribution in [0.1, 0.15) is 37.7 Å². The van der Waals surface area contributed by atoms with Gasteiger partial charge in [-0.25, -0.2) is 13.6 Å². The van der Waals surface area contributed by atoms with Gasteiger partial charge in [0.15, 0.2) is 0 Å². The first-order valence-corrected chi connectivity index (χ1v) is 9.11. The van der Waals surface area contributed by atoms with E-state index in [1.54, 1.807) is 36.4 Å². The molecule has 1 amide bonds. The van der Waals surface area contributed by atoms with Crippen LogP contribution in [0.15, 0.2) is 55.6 Å². The molecule has 1 rings (SSSR count). The van der Waals surface area contributed by atoms with Gasteiger partial charge in [-0.05, 0) is 24.8 Å². The van der Waals surface area contributed by atoms with Crippen molar-refractivity contribution in [1.82, 2.24) is 5.32 Å². The fraction of sp³-hybridized carbons (Fsp3) is 0.429. The van der Waals surface area contributed by atoms with Crippen LogP contribution in [-0.4, -0.2) is 30.6 Å². The molecule has 0 aliphatic carbocycles. The third-order valence-corrected chi connectivity index (χ3v) is 3.88. The number of benzene rings is 1. The van der Waals surface area contributed by atoms with Gasteiger partial charge in [0.05, 0.1) is 0 Å². The van der Waals surface area contributed by atoms with Crippen LogP contribution < -0.4 is 5.32 Å². The highest BCUT2D eigenvalue weighted by Crippen LogP contribution is 2.24. The number of rotatable bonds is 13. The predicted octanol–water partition coefficient (Wildman–Crippen LogP) is 4.78. The Morgan fingerprint density at radius 1 is 1.11 bits per heavy atom. The Morgan fingerprint density at radius 2 is 1.82 bits per heavy atom. The Morgan fingerprint density at radius 3 is 2.46 bits per heavy atom. The molecule has 0 aromatic heterocycles. The van der Waals surface area contributed by atoms with Gasteiger partial charge in [-0.3, -0.25) is 4.79 Å². The number of esters is 1. The van der Waals surface area contributed by atoms with Crippen molar-refractivity contribution in [2.75, 3.05) is 6.61 Å². The van der Waals surface area contributed by atoms with Gasteiger partial charge in [0.1, 0.15) is 19.3 Å². The first-order chi connectivity index (χ1) is 13.4. The quantitative estimate of drug-likeness (QED) is 0.296. The third kappa shape index (κ3) is 9.30. The van der Waals surface area contributed by atoms with Crippen molar-refractivity contribution < 1.29 is 27.8 Å². The molecule has 0 saturated carbocycles. The van der Waals surface area contributed by atoms with Crippen LogP contribution in [0.5, 0.6) is 0 Å². The van der Waals surface area contributed by atoms with E-state index in [0.29, 0.717) is 6.42 Å². The van der Waals surface area contributed by atoms with Gasteiger partial charge in [-0.15, -0.1) is 13.2 Å². The second kappa shape index (κ2) is 12.6. The summed E-state index contributed by atoms with van der Waals surface area (Å²) in [4.78, 5) is 23.7. The zero-order valence-electron chi connectivity index (χ0n) is 15.9. The Hall–Kier alpha value is -2.70. The van der Waals surface area contributed by atoms with Gasteiger partial charge in [-0.2, -0.15) is 0 Å². The zero-order chi connectivity index (χ0) is 20.8. The third-order valence-electron chi connectivity index (χ3n) is 3.88. The van der Waals surface area contributed by atoms with Crippen LogP contribution in [0, 0.1) is 0 Å². The van der Waals surface area contributed by atoms with Gasteiger partial charge in [0.25, 0.3) is 5.92 Å². The average Bonchev–Trinajstić information content (AvgIpc) is 2.67. The summed E-state index contributed by atoms with van der Waals surface area (Å²) in [7, 11) is 0. The van der Waals surface area contributed by atoms with Gasteiger partial charge in [-0.1, -0.05) is 42.5 Å². The van der Waals surface area contributed by atoms with Crippen LogP contribution in [0.4, 0.5) is 13.6 Å². The Labute approximate surface area is 164 Å². The fourth-order valence-electron chi connectivity index (χ4n) is 2.32. The second-order valence-corrected chi connectivity index (χ2v) is 6.23. The van der Waals surface area contributed by atoms with Crippen molar-refractivity contribution >= 4 is 12.1 Å². The molecule has 1 atom stereocenters. The summed E-state index contributed by atoms with van der Waals surface area (Å²) in [5, 5.41) is 2.09. The highest BCUT2D eigenvalue weighted by atomic mass is 19.3. The normalized spacial score (nSPS) is 11.9. The summed E-state index contributed by atoms with van der Waals surface area (Å²) in [6.07, 6.45) is 3.31. The maximum absolute atomic E-state index is 14.3. The molecular formula is C21H27F2NO4. The molecule has 0 aliphatic rings. The standard InChI is InChI=1S/C21H27F2NO4/c1-3-5-6-10-13-19(25)27-16-18(21(22,23)14-4-2)24-20(26)28-15-17-11-8-7-9-12-17/h3-4,7-9,11-12,18H,1-2,5-6,10,13-16H2,(H,24,26)/t18-/m1/s1. The molecule has 0 fully saturated rings. The summed E-state index contributed by atoms with van der Waals surface area (Å²) >= 11 is 0. The van der Waals surface area contributed by atoms with Crippen molar-refractivity contribution in [3.8, 4) is 0 Å². The van der Waals surface area contributed by atoms with E-state index in [1.165, 1.54) is 0 Å². The van der Waals surface area contributed by atoms with Crippen molar-refractivity contribution in [3.63, 3.8) is 0 Å². The lowest BCUT2D eigenvalue weighted by Crippen LogP contribution is -2.50. The summed E-state index contributed by atoms with van der Waals surface area (Å²) < 4.78 is 38.4. The molecule has 0 heterocycles. The average molecular weight is 395 g/mol. The summed E-state index contributed by atoms with van der Waals surface area (Å²) in [6, 6.07) is 7.11. The molecule has 5 nitrogen and oxygen atoms in total.